The van der Waals surface area contributed by atoms with Crippen molar-refractivity contribution in [3.05, 3.63) is 24.3 Å². The molecular weight excluding hydrogens is 386 g/mol. The Morgan fingerprint density at radius 3 is 2.70 bits per heavy atom. The van der Waals surface area contributed by atoms with Gasteiger partial charge in [0.2, 0.25) is 0 Å². The Kier molecular flexibility index (Phi) is 5.08. The molecule has 3 aromatic heterocycles. The van der Waals surface area contributed by atoms with Crippen LogP contribution < -0.4 is 5.32 Å². The fourth-order valence-corrected chi connectivity index (χ4v) is 4.20. The van der Waals surface area contributed by atoms with E-state index in [-0.39, 0.29) is 11.9 Å². The molecule has 4 rings (SSSR count). The minimum absolute atomic E-state index is 0.0692. The van der Waals surface area contributed by atoms with Gasteiger partial charge >= 0.3 is 6.09 Å². The summed E-state index contributed by atoms with van der Waals surface area (Å²) in [5, 5.41) is 20.5. The lowest BCUT2D eigenvalue weighted by Crippen LogP contribution is -2.48. The molecule has 1 aliphatic carbocycles. The summed E-state index contributed by atoms with van der Waals surface area (Å²) in [6.45, 7) is 6.26. The molecule has 1 saturated carbocycles. The predicted molar refractivity (Wildman–Crippen MR) is 110 cm³/mol. The van der Waals surface area contributed by atoms with Crippen LogP contribution in [0.15, 0.2) is 18.7 Å². The number of rotatable bonds is 4. The quantitative estimate of drug-likeness (QED) is 0.603. The number of H-pyrrole nitrogens is 1. The van der Waals surface area contributed by atoms with Gasteiger partial charge < -0.3 is 20.3 Å². The molecule has 10 nitrogen and oxygen atoms in total. The predicted octanol–water partition coefficient (Wildman–Crippen LogP) is 2.67. The average molecular weight is 413 g/mol. The molecular formula is C20H27N7O3. The highest BCUT2D eigenvalue weighted by molar-refractivity contribution is 6.05. The van der Waals surface area contributed by atoms with E-state index in [1.54, 1.807) is 23.1 Å². The molecule has 10 heteroatoms. The first-order valence-electron chi connectivity index (χ1n) is 10.2. The Labute approximate surface area is 173 Å². The zero-order chi connectivity index (χ0) is 21.5. The molecule has 3 N–H and O–H groups in total. The van der Waals surface area contributed by atoms with E-state index in [0.29, 0.717) is 34.8 Å². The monoisotopic (exact) mass is 413 g/mol. The number of carbonyl (C=O) groups is 2. The summed E-state index contributed by atoms with van der Waals surface area (Å²) in [5.41, 5.74) is 1.93. The van der Waals surface area contributed by atoms with Gasteiger partial charge in [-0.2, -0.15) is 0 Å². The van der Waals surface area contributed by atoms with Crippen molar-refractivity contribution in [1.29, 1.82) is 0 Å². The van der Waals surface area contributed by atoms with Crippen molar-refractivity contribution in [1.82, 2.24) is 34.8 Å². The maximum absolute atomic E-state index is 12.9. The maximum atomic E-state index is 12.9. The van der Waals surface area contributed by atoms with E-state index in [4.69, 9.17) is 0 Å². The average Bonchev–Trinajstić information content (AvgIpc) is 3.32. The van der Waals surface area contributed by atoms with E-state index in [1.807, 2.05) is 20.8 Å². The highest BCUT2D eigenvalue weighted by Crippen LogP contribution is 2.28. The summed E-state index contributed by atoms with van der Waals surface area (Å²) in [5.74, 6) is 0.150. The normalized spacial score (nSPS) is 19.8. The van der Waals surface area contributed by atoms with Crippen LogP contribution in [0.4, 0.5) is 4.79 Å². The van der Waals surface area contributed by atoms with Gasteiger partial charge in [-0.15, -0.1) is 10.2 Å². The fraction of sp³-hybridized carbons (Fsp3) is 0.550. The van der Waals surface area contributed by atoms with Crippen LogP contribution in [0.5, 0.6) is 0 Å². The Hall–Kier alpha value is -3.17. The highest BCUT2D eigenvalue weighted by Gasteiger charge is 2.31. The molecule has 0 aliphatic heterocycles. The first-order valence-corrected chi connectivity index (χ1v) is 10.2. The molecule has 3 heterocycles. The molecule has 30 heavy (non-hydrogen) atoms. The van der Waals surface area contributed by atoms with Crippen LogP contribution in [0.1, 0.15) is 56.8 Å². The zero-order valence-electron chi connectivity index (χ0n) is 17.4. The van der Waals surface area contributed by atoms with Crippen molar-refractivity contribution >= 4 is 28.8 Å². The lowest BCUT2D eigenvalue weighted by Gasteiger charge is -2.38. The number of hydrogen-bond acceptors (Lipinski definition) is 5. The van der Waals surface area contributed by atoms with Crippen LogP contribution in [0, 0.1) is 5.92 Å². The van der Waals surface area contributed by atoms with E-state index < -0.39 is 11.6 Å². The van der Waals surface area contributed by atoms with Crippen molar-refractivity contribution < 1.29 is 14.7 Å². The highest BCUT2D eigenvalue weighted by atomic mass is 16.4. The van der Waals surface area contributed by atoms with Gasteiger partial charge in [0, 0.05) is 24.3 Å². The molecule has 0 saturated heterocycles. The molecule has 0 atom stereocenters. The van der Waals surface area contributed by atoms with Crippen LogP contribution in [0.3, 0.4) is 0 Å². The number of amides is 2. The molecule has 0 aromatic carbocycles. The number of aromatic amines is 1. The number of aromatic nitrogens is 5. The van der Waals surface area contributed by atoms with Crippen molar-refractivity contribution in [2.45, 2.75) is 58.0 Å². The van der Waals surface area contributed by atoms with Gasteiger partial charge in [-0.25, -0.2) is 9.78 Å². The Balaban J connectivity index is 1.40. The summed E-state index contributed by atoms with van der Waals surface area (Å²) in [6, 6.07) is 0.0692. The van der Waals surface area contributed by atoms with E-state index in [1.165, 1.54) is 4.90 Å². The molecule has 2 amide bonds. The van der Waals surface area contributed by atoms with Gasteiger partial charge in [0.1, 0.15) is 11.8 Å². The van der Waals surface area contributed by atoms with Gasteiger partial charge in [0.25, 0.3) is 5.91 Å². The van der Waals surface area contributed by atoms with Crippen molar-refractivity contribution in [2.75, 3.05) is 6.54 Å². The third-order valence-electron chi connectivity index (χ3n) is 5.86. The minimum atomic E-state index is -0.883. The van der Waals surface area contributed by atoms with Crippen molar-refractivity contribution in [2.24, 2.45) is 5.92 Å². The van der Waals surface area contributed by atoms with E-state index in [0.717, 1.165) is 25.7 Å². The number of hydrogen-bond donors (Lipinski definition) is 3. The molecule has 160 valence electrons. The SMILES string of the molecule is CC(C)(C)N(C[C@H]1CC[C@H](NC(=O)c2c[nH]c3ncc4nncn4c23)CC1)C(=O)O. The first kappa shape index (κ1) is 20.1. The van der Waals surface area contributed by atoms with Crippen LogP contribution in [0.2, 0.25) is 0 Å². The van der Waals surface area contributed by atoms with Crippen LogP contribution in [-0.2, 0) is 0 Å². The maximum Gasteiger partial charge on any atom is 0.407 e. The van der Waals surface area contributed by atoms with Gasteiger partial charge in [-0.3, -0.25) is 9.20 Å². The number of carboxylic acid groups (broad SMARTS) is 1. The third kappa shape index (κ3) is 3.81. The lowest BCUT2D eigenvalue weighted by atomic mass is 9.85. The van der Waals surface area contributed by atoms with Crippen molar-refractivity contribution in [3.8, 4) is 0 Å². The second-order valence-corrected chi connectivity index (χ2v) is 8.97. The van der Waals surface area contributed by atoms with Crippen LogP contribution >= 0.6 is 0 Å². The fourth-order valence-electron chi connectivity index (χ4n) is 4.20. The second-order valence-electron chi connectivity index (χ2n) is 8.97. The Morgan fingerprint density at radius 2 is 2.03 bits per heavy atom. The molecule has 0 bridgehead atoms. The zero-order valence-corrected chi connectivity index (χ0v) is 17.4. The number of nitrogens with one attached hydrogen (secondary N) is 2. The van der Waals surface area contributed by atoms with E-state index in [2.05, 4.69) is 25.5 Å². The van der Waals surface area contributed by atoms with E-state index in [9.17, 15) is 14.7 Å². The first-order chi connectivity index (χ1) is 14.2. The van der Waals surface area contributed by atoms with Crippen LogP contribution in [0.25, 0.3) is 16.8 Å². The lowest BCUT2D eigenvalue weighted by molar-refractivity contribution is 0.0797. The summed E-state index contributed by atoms with van der Waals surface area (Å²) in [6.07, 6.45) is 7.38. The summed E-state index contributed by atoms with van der Waals surface area (Å²) >= 11 is 0. The van der Waals surface area contributed by atoms with Gasteiger partial charge in [0.05, 0.1) is 11.8 Å². The van der Waals surface area contributed by atoms with Gasteiger partial charge in [-0.1, -0.05) is 0 Å². The molecule has 3 aromatic rings. The molecule has 0 unspecified atom stereocenters. The summed E-state index contributed by atoms with van der Waals surface area (Å²) < 4.78 is 1.75. The molecule has 1 aliphatic rings. The number of fused-ring (bicyclic) bond motifs is 3. The summed E-state index contributed by atoms with van der Waals surface area (Å²) in [7, 11) is 0. The molecule has 0 radical (unpaired) electrons. The van der Waals surface area contributed by atoms with E-state index >= 15 is 0 Å². The third-order valence-corrected chi connectivity index (χ3v) is 5.86. The molecule has 0 spiro atoms. The summed E-state index contributed by atoms with van der Waals surface area (Å²) in [4.78, 5) is 33.4. The Morgan fingerprint density at radius 1 is 1.30 bits per heavy atom. The molecule has 1 fully saturated rings. The van der Waals surface area contributed by atoms with Gasteiger partial charge in [0.15, 0.2) is 11.3 Å². The van der Waals surface area contributed by atoms with Crippen molar-refractivity contribution in [3.63, 3.8) is 0 Å². The largest absolute Gasteiger partial charge is 0.465 e. The second kappa shape index (κ2) is 7.58. The standard InChI is InChI=1S/C20H27N7O3/c1-20(2,3)27(19(29)30)10-12-4-6-13(7-5-12)24-18(28)14-8-21-17-16(14)26-11-23-25-15(26)9-22-17/h8-9,11-13,21H,4-7,10H2,1-3H3,(H,24,28)(H,29,30)/t12-,13-. The smallest absolute Gasteiger partial charge is 0.407 e. The topological polar surface area (TPSA) is 129 Å². The number of carbonyl (C=O) groups excluding carboxylic acids is 1. The number of nitrogens with zero attached hydrogens (tertiary/aromatic N) is 5. The van der Waals surface area contributed by atoms with Gasteiger partial charge in [-0.05, 0) is 52.4 Å². The minimum Gasteiger partial charge on any atom is -0.465 e. The van der Waals surface area contributed by atoms with Crippen LogP contribution in [-0.4, -0.2) is 64.7 Å². The Bertz CT molecular complexity index is 1070.